The van der Waals surface area contributed by atoms with Crippen LogP contribution in [0.1, 0.15) is 31.7 Å². The summed E-state index contributed by atoms with van der Waals surface area (Å²) in [5.74, 6) is 0.388. The molecule has 0 unspecified atom stereocenters. The minimum atomic E-state index is -3.43. The zero-order chi connectivity index (χ0) is 15.7. The van der Waals surface area contributed by atoms with E-state index in [1.54, 1.807) is 19.2 Å². The molecule has 5 nitrogen and oxygen atoms in total. The molecule has 0 fully saturated rings. The number of nitrogens with one attached hydrogen (secondary N) is 1. The van der Waals surface area contributed by atoms with E-state index in [-0.39, 0.29) is 0 Å². The Bertz CT molecular complexity index is 497. The summed E-state index contributed by atoms with van der Waals surface area (Å²) in [7, 11) is -1.82. The van der Waals surface area contributed by atoms with Crippen LogP contribution in [0.3, 0.4) is 0 Å². The van der Waals surface area contributed by atoms with E-state index in [0.717, 1.165) is 5.56 Å². The van der Waals surface area contributed by atoms with Crippen LogP contribution in [0.5, 0.6) is 0 Å². The zero-order valence-electron chi connectivity index (χ0n) is 13.0. The van der Waals surface area contributed by atoms with E-state index in [2.05, 4.69) is 18.6 Å². The van der Waals surface area contributed by atoms with Crippen LogP contribution < -0.4 is 4.72 Å². The highest BCUT2D eigenvalue weighted by molar-refractivity contribution is 7.89. The smallest absolute Gasteiger partial charge is 0.240 e. The summed E-state index contributed by atoms with van der Waals surface area (Å²) in [6, 6.07) is 7.00. The third kappa shape index (κ3) is 6.56. The lowest BCUT2D eigenvalue weighted by atomic mass is 10.0. The van der Waals surface area contributed by atoms with Gasteiger partial charge in [-0.1, -0.05) is 26.0 Å². The van der Waals surface area contributed by atoms with Gasteiger partial charge in [0.1, 0.15) is 0 Å². The van der Waals surface area contributed by atoms with Crippen molar-refractivity contribution in [1.82, 2.24) is 4.72 Å². The number of benzene rings is 1. The van der Waals surface area contributed by atoms with Crippen molar-refractivity contribution in [2.75, 3.05) is 33.5 Å². The standard InChI is InChI=1S/C15H25NO4S/c1-13(2)14-5-7-15(8-6-14)21(17,18)16-9-4-10-20-12-11-19-3/h5-8,13,16H,4,9-12H2,1-3H3. The summed E-state index contributed by atoms with van der Waals surface area (Å²) in [6.45, 7) is 6.10. The molecular formula is C15H25NO4S. The molecule has 0 bridgehead atoms. The van der Waals surface area contributed by atoms with Gasteiger partial charge in [-0.25, -0.2) is 13.1 Å². The number of rotatable bonds is 10. The monoisotopic (exact) mass is 315 g/mol. The molecule has 0 aromatic heterocycles. The number of methoxy groups -OCH3 is 1. The summed E-state index contributed by atoms with van der Waals surface area (Å²) in [6.07, 6.45) is 0.632. The lowest BCUT2D eigenvalue weighted by Crippen LogP contribution is -2.25. The first-order valence-electron chi connectivity index (χ1n) is 7.13. The number of sulfonamides is 1. The Kier molecular flexibility index (Phi) is 7.88. The minimum absolute atomic E-state index is 0.298. The van der Waals surface area contributed by atoms with Gasteiger partial charge in [0.05, 0.1) is 18.1 Å². The zero-order valence-corrected chi connectivity index (χ0v) is 13.8. The molecular weight excluding hydrogens is 290 g/mol. The SMILES string of the molecule is COCCOCCCNS(=O)(=O)c1ccc(C(C)C)cc1. The highest BCUT2D eigenvalue weighted by atomic mass is 32.2. The van der Waals surface area contributed by atoms with E-state index in [4.69, 9.17) is 9.47 Å². The van der Waals surface area contributed by atoms with E-state index >= 15 is 0 Å². The van der Waals surface area contributed by atoms with Crippen LogP contribution in [0.2, 0.25) is 0 Å². The van der Waals surface area contributed by atoms with Gasteiger partial charge in [-0.15, -0.1) is 0 Å². The summed E-state index contributed by atoms with van der Waals surface area (Å²) in [5.41, 5.74) is 1.13. The van der Waals surface area contributed by atoms with E-state index in [9.17, 15) is 8.42 Å². The Labute approximate surface area is 127 Å². The van der Waals surface area contributed by atoms with E-state index < -0.39 is 10.0 Å². The molecule has 0 aliphatic carbocycles. The second-order valence-corrected chi connectivity index (χ2v) is 6.85. The Balaban J connectivity index is 2.39. The summed E-state index contributed by atoms with van der Waals surface area (Å²) < 4.78 is 36.9. The van der Waals surface area contributed by atoms with Gasteiger partial charge in [0.15, 0.2) is 0 Å². The maximum absolute atomic E-state index is 12.1. The number of ether oxygens (including phenoxy) is 2. The third-order valence-corrected chi connectivity index (χ3v) is 4.52. The molecule has 120 valence electrons. The van der Waals surface area contributed by atoms with Crippen molar-refractivity contribution in [3.05, 3.63) is 29.8 Å². The number of hydrogen-bond acceptors (Lipinski definition) is 4. The lowest BCUT2D eigenvalue weighted by Gasteiger charge is -2.09. The Hall–Kier alpha value is -0.950. The second-order valence-electron chi connectivity index (χ2n) is 5.08. The normalized spacial score (nSPS) is 12.0. The van der Waals surface area contributed by atoms with E-state index in [1.165, 1.54) is 0 Å². The second kappa shape index (κ2) is 9.15. The molecule has 21 heavy (non-hydrogen) atoms. The predicted octanol–water partition coefficient (Wildman–Crippen LogP) is 2.14. The lowest BCUT2D eigenvalue weighted by molar-refractivity contribution is 0.0699. The van der Waals surface area contributed by atoms with Gasteiger partial charge in [-0.2, -0.15) is 0 Å². The van der Waals surface area contributed by atoms with Crippen LogP contribution in [0.15, 0.2) is 29.2 Å². The van der Waals surface area contributed by atoms with Crippen molar-refractivity contribution in [1.29, 1.82) is 0 Å². The highest BCUT2D eigenvalue weighted by Crippen LogP contribution is 2.17. The Morgan fingerprint density at radius 3 is 2.33 bits per heavy atom. The van der Waals surface area contributed by atoms with Gasteiger partial charge in [0.25, 0.3) is 0 Å². The van der Waals surface area contributed by atoms with Gasteiger partial charge in [0, 0.05) is 20.3 Å². The van der Waals surface area contributed by atoms with Crippen molar-refractivity contribution < 1.29 is 17.9 Å². The molecule has 0 radical (unpaired) electrons. The topological polar surface area (TPSA) is 64.6 Å². The van der Waals surface area contributed by atoms with Crippen molar-refractivity contribution in [3.63, 3.8) is 0 Å². The van der Waals surface area contributed by atoms with Crippen LogP contribution in [0.4, 0.5) is 0 Å². The summed E-state index contributed by atoms with van der Waals surface area (Å²) in [4.78, 5) is 0.298. The van der Waals surface area contributed by atoms with Gasteiger partial charge < -0.3 is 9.47 Å². The van der Waals surface area contributed by atoms with E-state index in [1.807, 2.05) is 12.1 Å². The summed E-state index contributed by atoms with van der Waals surface area (Å²) >= 11 is 0. The highest BCUT2D eigenvalue weighted by Gasteiger charge is 2.13. The average Bonchev–Trinajstić information content (AvgIpc) is 2.46. The Morgan fingerprint density at radius 2 is 1.76 bits per heavy atom. The first-order valence-corrected chi connectivity index (χ1v) is 8.62. The average molecular weight is 315 g/mol. The molecule has 0 spiro atoms. The Morgan fingerprint density at radius 1 is 1.10 bits per heavy atom. The first kappa shape index (κ1) is 18.1. The fourth-order valence-electron chi connectivity index (χ4n) is 1.74. The molecule has 0 saturated carbocycles. The van der Waals surface area contributed by atoms with Crippen molar-refractivity contribution in [2.24, 2.45) is 0 Å². The molecule has 0 heterocycles. The van der Waals surface area contributed by atoms with Crippen LogP contribution in [-0.2, 0) is 19.5 Å². The van der Waals surface area contributed by atoms with Gasteiger partial charge in [-0.3, -0.25) is 0 Å². The summed E-state index contributed by atoms with van der Waals surface area (Å²) in [5, 5.41) is 0. The molecule has 0 aliphatic heterocycles. The van der Waals surface area contributed by atoms with E-state index in [0.29, 0.717) is 43.6 Å². The molecule has 1 N–H and O–H groups in total. The molecule has 1 rings (SSSR count). The maximum atomic E-state index is 12.1. The first-order chi connectivity index (χ1) is 9.97. The van der Waals surface area contributed by atoms with Crippen LogP contribution in [0, 0.1) is 0 Å². The largest absolute Gasteiger partial charge is 0.382 e. The molecule has 0 saturated heterocycles. The van der Waals surface area contributed by atoms with Crippen molar-refractivity contribution in [2.45, 2.75) is 31.1 Å². The molecule has 1 aromatic carbocycles. The van der Waals surface area contributed by atoms with Crippen LogP contribution in [-0.4, -0.2) is 41.9 Å². The predicted molar refractivity (Wildman–Crippen MR) is 83.0 cm³/mol. The molecule has 1 aromatic rings. The third-order valence-electron chi connectivity index (χ3n) is 3.05. The molecule has 0 atom stereocenters. The maximum Gasteiger partial charge on any atom is 0.240 e. The molecule has 0 aliphatic rings. The van der Waals surface area contributed by atoms with Gasteiger partial charge in [0.2, 0.25) is 10.0 Å². The fraction of sp³-hybridized carbons (Fsp3) is 0.600. The molecule has 6 heteroatoms. The number of hydrogen-bond donors (Lipinski definition) is 1. The van der Waals surface area contributed by atoms with Gasteiger partial charge in [-0.05, 0) is 30.0 Å². The fourth-order valence-corrected chi connectivity index (χ4v) is 2.81. The molecule has 0 amide bonds. The minimum Gasteiger partial charge on any atom is -0.382 e. The van der Waals surface area contributed by atoms with Crippen molar-refractivity contribution >= 4 is 10.0 Å². The quantitative estimate of drug-likeness (QED) is 0.672. The van der Waals surface area contributed by atoms with Crippen molar-refractivity contribution in [3.8, 4) is 0 Å². The van der Waals surface area contributed by atoms with Crippen LogP contribution >= 0.6 is 0 Å². The van der Waals surface area contributed by atoms with Crippen LogP contribution in [0.25, 0.3) is 0 Å². The van der Waals surface area contributed by atoms with Gasteiger partial charge >= 0.3 is 0 Å².